The van der Waals surface area contributed by atoms with Gasteiger partial charge in [-0.25, -0.2) is 5.43 Å². The number of carbonyl (C=O) groups is 3. The van der Waals surface area contributed by atoms with Gasteiger partial charge in [-0.1, -0.05) is 65.2 Å². The van der Waals surface area contributed by atoms with Crippen LogP contribution in [0.2, 0.25) is 10.0 Å². The summed E-state index contributed by atoms with van der Waals surface area (Å²) in [4.78, 5) is 36.2. The molecule has 0 saturated carbocycles. The van der Waals surface area contributed by atoms with Crippen LogP contribution in [0.15, 0.2) is 71.8 Å². The lowest BCUT2D eigenvalue weighted by Gasteiger charge is -2.10. The molecule has 0 aromatic heterocycles. The SMILES string of the molecule is Cc1ccc(CNC(=O)C(=O)N/N=C\c2ccccc2OCC(=O)Nc2ccc(Cl)cc2Cl)cc1. The van der Waals surface area contributed by atoms with E-state index in [4.69, 9.17) is 27.9 Å². The fraction of sp³-hybridized carbons (Fsp3) is 0.120. The maximum atomic E-state index is 12.2. The molecule has 0 aliphatic carbocycles. The highest BCUT2D eigenvalue weighted by molar-refractivity contribution is 6.36. The van der Waals surface area contributed by atoms with Gasteiger partial charge in [0.15, 0.2) is 6.61 Å². The zero-order valence-corrected chi connectivity index (χ0v) is 20.2. The molecule has 3 rings (SSSR count). The Balaban J connectivity index is 1.50. The smallest absolute Gasteiger partial charge is 0.329 e. The summed E-state index contributed by atoms with van der Waals surface area (Å²) in [5.41, 5.74) is 5.04. The van der Waals surface area contributed by atoms with E-state index in [-0.39, 0.29) is 13.2 Å². The van der Waals surface area contributed by atoms with Gasteiger partial charge < -0.3 is 15.4 Å². The van der Waals surface area contributed by atoms with E-state index >= 15 is 0 Å². The normalized spacial score (nSPS) is 10.6. The average Bonchev–Trinajstić information content (AvgIpc) is 2.84. The lowest BCUT2D eigenvalue weighted by molar-refractivity contribution is -0.139. The average molecular weight is 513 g/mol. The molecular weight excluding hydrogens is 491 g/mol. The van der Waals surface area contributed by atoms with Crippen LogP contribution in [0, 0.1) is 6.92 Å². The zero-order valence-electron chi connectivity index (χ0n) is 18.7. The topological polar surface area (TPSA) is 109 Å². The molecule has 10 heteroatoms. The van der Waals surface area contributed by atoms with Crippen molar-refractivity contribution < 1.29 is 19.1 Å². The minimum atomic E-state index is -0.911. The van der Waals surface area contributed by atoms with Gasteiger partial charge >= 0.3 is 11.8 Å². The number of ether oxygens (including phenoxy) is 1. The number of rotatable bonds is 8. The van der Waals surface area contributed by atoms with Crippen molar-refractivity contribution >= 4 is 52.8 Å². The lowest BCUT2D eigenvalue weighted by Crippen LogP contribution is -2.37. The van der Waals surface area contributed by atoms with Gasteiger partial charge in [0.2, 0.25) is 0 Å². The summed E-state index contributed by atoms with van der Waals surface area (Å²) in [5.74, 6) is -1.80. The van der Waals surface area contributed by atoms with Crippen molar-refractivity contribution in [2.24, 2.45) is 5.10 Å². The fourth-order valence-electron chi connectivity index (χ4n) is 2.82. The monoisotopic (exact) mass is 512 g/mol. The van der Waals surface area contributed by atoms with Gasteiger partial charge in [-0.3, -0.25) is 14.4 Å². The quantitative estimate of drug-likeness (QED) is 0.240. The summed E-state index contributed by atoms with van der Waals surface area (Å²) in [6, 6.07) is 19.0. The van der Waals surface area contributed by atoms with Crippen LogP contribution in [0.5, 0.6) is 5.75 Å². The highest BCUT2D eigenvalue weighted by Gasteiger charge is 2.12. The molecule has 180 valence electrons. The Hall–Kier alpha value is -3.88. The van der Waals surface area contributed by atoms with Gasteiger partial charge in [-0.2, -0.15) is 5.10 Å². The van der Waals surface area contributed by atoms with Gasteiger partial charge in [-0.05, 0) is 42.8 Å². The van der Waals surface area contributed by atoms with Crippen molar-refractivity contribution in [2.45, 2.75) is 13.5 Å². The van der Waals surface area contributed by atoms with E-state index in [2.05, 4.69) is 21.2 Å². The van der Waals surface area contributed by atoms with E-state index in [1.807, 2.05) is 31.2 Å². The number of hydrazone groups is 1. The molecule has 3 N–H and O–H groups in total. The second-order valence-electron chi connectivity index (χ2n) is 7.37. The van der Waals surface area contributed by atoms with Crippen LogP contribution in [0.4, 0.5) is 5.69 Å². The molecule has 0 saturated heterocycles. The Bertz CT molecular complexity index is 1250. The first-order chi connectivity index (χ1) is 16.8. The number of benzene rings is 3. The number of halogens is 2. The highest BCUT2D eigenvalue weighted by atomic mass is 35.5. The van der Waals surface area contributed by atoms with Gasteiger partial charge in [0, 0.05) is 17.1 Å². The molecule has 0 spiro atoms. The Morgan fingerprint density at radius 3 is 2.46 bits per heavy atom. The van der Waals surface area contributed by atoms with E-state index in [1.165, 1.54) is 12.3 Å². The second-order valence-corrected chi connectivity index (χ2v) is 8.21. The van der Waals surface area contributed by atoms with Crippen molar-refractivity contribution in [1.29, 1.82) is 0 Å². The van der Waals surface area contributed by atoms with Crippen LogP contribution in [0.1, 0.15) is 16.7 Å². The number of hydrogen-bond donors (Lipinski definition) is 3. The van der Waals surface area contributed by atoms with Crippen molar-refractivity contribution in [3.8, 4) is 5.75 Å². The Kier molecular flexibility index (Phi) is 9.23. The first kappa shape index (κ1) is 25.7. The summed E-state index contributed by atoms with van der Waals surface area (Å²) >= 11 is 11.9. The van der Waals surface area contributed by atoms with Crippen LogP contribution in [-0.4, -0.2) is 30.5 Å². The van der Waals surface area contributed by atoms with Crippen molar-refractivity contribution in [3.05, 3.63) is 93.5 Å². The van der Waals surface area contributed by atoms with Crippen LogP contribution in [0.3, 0.4) is 0 Å². The van der Waals surface area contributed by atoms with Crippen molar-refractivity contribution in [2.75, 3.05) is 11.9 Å². The number of hydrogen-bond acceptors (Lipinski definition) is 5. The lowest BCUT2D eigenvalue weighted by atomic mass is 10.1. The number of nitrogens with one attached hydrogen (secondary N) is 3. The molecule has 0 aliphatic rings. The predicted octanol–water partition coefficient (Wildman–Crippen LogP) is 4.09. The molecule has 35 heavy (non-hydrogen) atoms. The molecule has 3 amide bonds. The molecule has 0 radical (unpaired) electrons. The first-order valence-corrected chi connectivity index (χ1v) is 11.2. The molecule has 3 aromatic carbocycles. The molecule has 8 nitrogen and oxygen atoms in total. The standard InChI is InChI=1S/C25H22Cl2N4O4/c1-16-6-8-17(9-7-16)13-28-24(33)25(34)31-29-14-18-4-2-3-5-22(18)35-15-23(32)30-21-11-10-19(26)12-20(21)27/h2-12,14H,13,15H2,1H3,(H,28,33)(H,30,32)(H,31,34)/b29-14-. The third-order valence-corrected chi connectivity index (χ3v) is 5.18. The molecule has 0 aliphatic heterocycles. The second kappa shape index (κ2) is 12.5. The van der Waals surface area contributed by atoms with E-state index in [1.54, 1.807) is 36.4 Å². The summed E-state index contributed by atoms with van der Waals surface area (Å²) in [6.45, 7) is 1.89. The molecular formula is C25H22Cl2N4O4. The third-order valence-electron chi connectivity index (χ3n) is 4.63. The van der Waals surface area contributed by atoms with Crippen LogP contribution in [-0.2, 0) is 20.9 Å². The Morgan fingerprint density at radius 1 is 0.971 bits per heavy atom. The number of aryl methyl sites for hydroxylation is 1. The van der Waals surface area contributed by atoms with E-state index in [0.29, 0.717) is 27.0 Å². The molecule has 0 atom stereocenters. The van der Waals surface area contributed by atoms with Crippen LogP contribution in [0.25, 0.3) is 0 Å². The summed E-state index contributed by atoms with van der Waals surface area (Å²) < 4.78 is 5.57. The maximum absolute atomic E-state index is 12.2. The first-order valence-electron chi connectivity index (χ1n) is 10.5. The van der Waals surface area contributed by atoms with Gasteiger partial charge in [0.05, 0.1) is 16.9 Å². The minimum absolute atomic E-state index is 0.218. The fourth-order valence-corrected chi connectivity index (χ4v) is 3.27. The van der Waals surface area contributed by atoms with Crippen LogP contribution >= 0.6 is 23.2 Å². The van der Waals surface area contributed by atoms with Crippen LogP contribution < -0.4 is 20.8 Å². The molecule has 0 unspecified atom stereocenters. The van der Waals surface area contributed by atoms with Crippen molar-refractivity contribution in [1.82, 2.24) is 10.7 Å². The number of anilines is 1. The van der Waals surface area contributed by atoms with E-state index in [9.17, 15) is 14.4 Å². The largest absolute Gasteiger partial charge is 0.483 e. The Morgan fingerprint density at radius 2 is 1.71 bits per heavy atom. The summed E-state index contributed by atoms with van der Waals surface area (Å²) in [6.07, 6.45) is 1.31. The number of carbonyl (C=O) groups excluding carboxylic acids is 3. The number of para-hydroxylation sites is 1. The minimum Gasteiger partial charge on any atom is -0.483 e. The highest BCUT2D eigenvalue weighted by Crippen LogP contribution is 2.25. The van der Waals surface area contributed by atoms with E-state index in [0.717, 1.165) is 11.1 Å². The van der Waals surface area contributed by atoms with Crippen molar-refractivity contribution in [3.63, 3.8) is 0 Å². The Labute approximate surface area is 212 Å². The maximum Gasteiger partial charge on any atom is 0.329 e. The van der Waals surface area contributed by atoms with Gasteiger partial charge in [0.1, 0.15) is 5.75 Å². The van der Waals surface area contributed by atoms with Gasteiger partial charge in [0.25, 0.3) is 5.91 Å². The third kappa shape index (κ3) is 8.13. The van der Waals surface area contributed by atoms with E-state index < -0.39 is 17.7 Å². The molecule has 0 bridgehead atoms. The summed E-state index contributed by atoms with van der Waals surface area (Å²) in [7, 11) is 0. The number of nitrogens with zero attached hydrogens (tertiary/aromatic N) is 1. The molecule has 0 fully saturated rings. The predicted molar refractivity (Wildman–Crippen MR) is 136 cm³/mol. The molecule has 3 aromatic rings. The number of amides is 3. The van der Waals surface area contributed by atoms with Gasteiger partial charge in [-0.15, -0.1) is 0 Å². The summed E-state index contributed by atoms with van der Waals surface area (Å²) in [5, 5.41) is 9.73. The zero-order chi connectivity index (χ0) is 25.2. The molecule has 0 heterocycles.